The molecule has 5 rings (SSSR count). The van der Waals surface area contributed by atoms with E-state index in [2.05, 4.69) is 20.1 Å². The highest BCUT2D eigenvalue weighted by Gasteiger charge is 2.20. The van der Waals surface area contributed by atoms with Crippen LogP contribution in [0.4, 0.5) is 14.6 Å². The molecule has 0 bridgehead atoms. The maximum Gasteiger partial charge on any atom is 0.334 e. The predicted octanol–water partition coefficient (Wildman–Crippen LogP) is 3.21. The van der Waals surface area contributed by atoms with E-state index < -0.39 is 6.55 Å². The first-order chi connectivity index (χ1) is 15.5. The van der Waals surface area contributed by atoms with Crippen molar-refractivity contribution < 1.29 is 13.9 Å². The summed E-state index contributed by atoms with van der Waals surface area (Å²) in [4.78, 5) is 17.4. The minimum absolute atomic E-state index is 0.0676. The number of rotatable bonds is 5. The number of fused-ring (bicyclic) bond motifs is 1. The summed E-state index contributed by atoms with van der Waals surface area (Å²) in [5, 5.41) is 13.2. The standard InChI is InChI=1S/C21H16F2N8O/c22-21(23)30-11-26-18(29-30)15-7-8-16-20(27-15)31(13-5-3-12(10-32)4-6-13)19(28-16)14-2-1-9-25-17(14)24/h1-9,11,21,32H,10H2,(H2,24,25). The summed E-state index contributed by atoms with van der Waals surface area (Å²) in [5.74, 6) is 0.879. The van der Waals surface area contributed by atoms with Gasteiger partial charge in [0.15, 0.2) is 17.3 Å². The molecule has 1 aromatic carbocycles. The van der Waals surface area contributed by atoms with Crippen LogP contribution in [0.2, 0.25) is 0 Å². The van der Waals surface area contributed by atoms with Crippen LogP contribution >= 0.6 is 0 Å². The highest BCUT2D eigenvalue weighted by atomic mass is 19.3. The van der Waals surface area contributed by atoms with Crippen molar-refractivity contribution in [1.29, 1.82) is 0 Å². The molecular formula is C21H16F2N8O. The molecule has 32 heavy (non-hydrogen) atoms. The third kappa shape index (κ3) is 3.34. The monoisotopic (exact) mass is 434 g/mol. The Balaban J connectivity index is 1.74. The Bertz CT molecular complexity index is 1410. The first kappa shape index (κ1) is 19.7. The molecule has 9 nitrogen and oxygen atoms in total. The van der Waals surface area contributed by atoms with Gasteiger partial charge in [0.2, 0.25) is 0 Å². The van der Waals surface area contributed by atoms with Gasteiger partial charge in [-0.05, 0) is 42.0 Å². The average molecular weight is 434 g/mol. The summed E-state index contributed by atoms with van der Waals surface area (Å²) in [6.45, 7) is -2.88. The number of aromatic nitrogens is 7. The van der Waals surface area contributed by atoms with Crippen molar-refractivity contribution in [2.24, 2.45) is 0 Å². The van der Waals surface area contributed by atoms with Gasteiger partial charge in [0.25, 0.3) is 0 Å². The molecule has 0 unspecified atom stereocenters. The van der Waals surface area contributed by atoms with Crippen LogP contribution in [-0.4, -0.2) is 39.4 Å². The Kier molecular flexibility index (Phi) is 4.79. The zero-order valence-corrected chi connectivity index (χ0v) is 16.5. The zero-order valence-electron chi connectivity index (χ0n) is 16.5. The molecule has 0 saturated carbocycles. The molecule has 3 N–H and O–H groups in total. The molecule has 0 fully saturated rings. The van der Waals surface area contributed by atoms with E-state index in [4.69, 9.17) is 10.7 Å². The lowest BCUT2D eigenvalue weighted by molar-refractivity contribution is 0.0564. The van der Waals surface area contributed by atoms with Crippen LogP contribution in [0.1, 0.15) is 12.1 Å². The molecule has 0 atom stereocenters. The molecule has 0 amide bonds. The van der Waals surface area contributed by atoms with Crippen LogP contribution < -0.4 is 5.73 Å². The molecule has 4 heterocycles. The van der Waals surface area contributed by atoms with Crippen molar-refractivity contribution in [3.63, 3.8) is 0 Å². The van der Waals surface area contributed by atoms with E-state index in [0.717, 1.165) is 17.6 Å². The molecule has 11 heteroatoms. The van der Waals surface area contributed by atoms with Crippen molar-refractivity contribution in [2.45, 2.75) is 13.2 Å². The summed E-state index contributed by atoms with van der Waals surface area (Å²) < 4.78 is 28.1. The van der Waals surface area contributed by atoms with Gasteiger partial charge in [0.1, 0.15) is 23.4 Å². The van der Waals surface area contributed by atoms with Crippen molar-refractivity contribution in [1.82, 2.24) is 34.3 Å². The van der Waals surface area contributed by atoms with E-state index in [0.29, 0.717) is 38.7 Å². The maximum atomic E-state index is 12.9. The van der Waals surface area contributed by atoms with Gasteiger partial charge in [-0.15, -0.1) is 5.10 Å². The Hall–Kier alpha value is -4.25. The number of nitrogens with zero attached hydrogens (tertiary/aromatic N) is 7. The second kappa shape index (κ2) is 7.78. The largest absolute Gasteiger partial charge is 0.392 e. The van der Waals surface area contributed by atoms with E-state index in [9.17, 15) is 13.9 Å². The lowest BCUT2D eigenvalue weighted by Crippen LogP contribution is -2.02. The van der Waals surface area contributed by atoms with Gasteiger partial charge in [-0.2, -0.15) is 13.5 Å². The van der Waals surface area contributed by atoms with Gasteiger partial charge >= 0.3 is 6.55 Å². The summed E-state index contributed by atoms with van der Waals surface area (Å²) in [7, 11) is 0. The quantitative estimate of drug-likeness (QED) is 0.436. The minimum Gasteiger partial charge on any atom is -0.392 e. The number of aliphatic hydroxyl groups is 1. The lowest BCUT2D eigenvalue weighted by Gasteiger charge is -2.11. The van der Waals surface area contributed by atoms with E-state index in [-0.39, 0.29) is 12.4 Å². The summed E-state index contributed by atoms with van der Waals surface area (Å²) in [5.41, 5.74) is 9.53. The molecule has 0 saturated heterocycles. The van der Waals surface area contributed by atoms with Crippen LogP contribution in [0.3, 0.4) is 0 Å². The number of hydrogen-bond donors (Lipinski definition) is 2. The Morgan fingerprint density at radius 3 is 2.50 bits per heavy atom. The first-order valence-corrected chi connectivity index (χ1v) is 9.55. The number of halogens is 2. The Labute approximate surface area is 179 Å². The number of anilines is 1. The lowest BCUT2D eigenvalue weighted by atomic mass is 10.2. The molecular weight excluding hydrogens is 418 g/mol. The summed E-state index contributed by atoms with van der Waals surface area (Å²) in [6, 6.07) is 14.1. The number of imidazole rings is 1. The van der Waals surface area contributed by atoms with E-state index in [1.165, 1.54) is 0 Å². The predicted molar refractivity (Wildman–Crippen MR) is 113 cm³/mol. The van der Waals surface area contributed by atoms with Crippen LogP contribution in [-0.2, 0) is 6.61 Å². The molecule has 0 aliphatic carbocycles. The minimum atomic E-state index is -2.80. The first-order valence-electron chi connectivity index (χ1n) is 9.55. The van der Waals surface area contributed by atoms with Crippen LogP contribution in [0.5, 0.6) is 0 Å². The second-order valence-electron chi connectivity index (χ2n) is 6.90. The molecule has 0 spiro atoms. The molecule has 0 aliphatic heterocycles. The van der Waals surface area contributed by atoms with E-state index >= 15 is 0 Å². The van der Waals surface area contributed by atoms with Crippen LogP contribution in [0, 0.1) is 0 Å². The molecule has 0 aliphatic rings. The number of aliphatic hydroxyl groups excluding tert-OH is 1. The summed E-state index contributed by atoms with van der Waals surface area (Å²) >= 11 is 0. The Morgan fingerprint density at radius 2 is 1.81 bits per heavy atom. The number of nitrogen functional groups attached to an aromatic ring is 1. The maximum absolute atomic E-state index is 12.9. The van der Waals surface area contributed by atoms with E-state index in [1.54, 1.807) is 47.2 Å². The van der Waals surface area contributed by atoms with Gasteiger partial charge in [-0.3, -0.25) is 4.57 Å². The highest BCUT2D eigenvalue weighted by Crippen LogP contribution is 2.31. The Morgan fingerprint density at radius 1 is 1.00 bits per heavy atom. The topological polar surface area (TPSA) is 121 Å². The third-order valence-electron chi connectivity index (χ3n) is 4.90. The molecule has 160 valence electrons. The van der Waals surface area contributed by atoms with Gasteiger partial charge in [0, 0.05) is 11.9 Å². The second-order valence-corrected chi connectivity index (χ2v) is 6.90. The molecule has 5 aromatic rings. The fraction of sp³-hybridized carbons (Fsp3) is 0.0952. The zero-order chi connectivity index (χ0) is 22.2. The average Bonchev–Trinajstić information content (AvgIpc) is 3.44. The van der Waals surface area contributed by atoms with Crippen LogP contribution in [0.15, 0.2) is 61.1 Å². The summed E-state index contributed by atoms with van der Waals surface area (Å²) in [6.07, 6.45) is 2.54. The third-order valence-corrected chi connectivity index (χ3v) is 4.90. The number of pyridine rings is 2. The number of benzene rings is 1. The molecule has 4 aromatic heterocycles. The number of hydrogen-bond acceptors (Lipinski definition) is 7. The normalized spacial score (nSPS) is 11.5. The number of alkyl halides is 2. The fourth-order valence-corrected chi connectivity index (χ4v) is 3.35. The van der Waals surface area contributed by atoms with E-state index in [1.807, 2.05) is 12.1 Å². The van der Waals surface area contributed by atoms with Crippen molar-refractivity contribution in [3.8, 4) is 28.6 Å². The van der Waals surface area contributed by atoms with Gasteiger partial charge < -0.3 is 10.8 Å². The number of nitrogens with two attached hydrogens (primary N) is 1. The van der Waals surface area contributed by atoms with Gasteiger partial charge in [-0.1, -0.05) is 12.1 Å². The van der Waals surface area contributed by atoms with Gasteiger partial charge in [-0.25, -0.2) is 19.9 Å². The van der Waals surface area contributed by atoms with Gasteiger partial charge in [0.05, 0.1) is 12.2 Å². The molecule has 0 radical (unpaired) electrons. The van der Waals surface area contributed by atoms with Crippen LogP contribution in [0.25, 0.3) is 39.8 Å². The SMILES string of the molecule is Nc1ncccc1-c1nc2ccc(-c3ncn(C(F)F)n3)nc2n1-c1ccc(CO)cc1. The van der Waals surface area contributed by atoms with Crippen molar-refractivity contribution >= 4 is 17.0 Å². The highest BCUT2D eigenvalue weighted by molar-refractivity contribution is 5.84. The van der Waals surface area contributed by atoms with Crippen molar-refractivity contribution in [2.75, 3.05) is 5.73 Å². The smallest absolute Gasteiger partial charge is 0.334 e. The van der Waals surface area contributed by atoms with Crippen molar-refractivity contribution in [3.05, 3.63) is 66.6 Å². The fourth-order valence-electron chi connectivity index (χ4n) is 3.35.